The molecule has 0 saturated carbocycles. The van der Waals surface area contributed by atoms with Crippen LogP contribution in [0.5, 0.6) is 11.5 Å². The molecule has 0 aliphatic heterocycles. The highest BCUT2D eigenvalue weighted by Gasteiger charge is 2.14. The molecular weight excluding hydrogens is 313 g/mol. The summed E-state index contributed by atoms with van der Waals surface area (Å²) >= 11 is 0. The van der Waals surface area contributed by atoms with E-state index in [9.17, 15) is 14.3 Å². The molecule has 24 heavy (non-hydrogen) atoms. The second kappa shape index (κ2) is 7.79. The van der Waals surface area contributed by atoms with Crippen LogP contribution in [-0.4, -0.2) is 31.8 Å². The second-order valence-corrected chi connectivity index (χ2v) is 5.34. The fourth-order valence-electron chi connectivity index (χ4n) is 2.22. The van der Waals surface area contributed by atoms with Gasteiger partial charge in [-0.3, -0.25) is 4.79 Å². The Bertz CT molecular complexity index is 711. The number of halogens is 1. The van der Waals surface area contributed by atoms with Crippen molar-refractivity contribution in [3.8, 4) is 11.5 Å². The number of methoxy groups -OCH3 is 2. The van der Waals surface area contributed by atoms with E-state index in [2.05, 4.69) is 5.32 Å². The number of nitrogens with one attached hydrogen (secondary N) is 1. The molecule has 1 atom stereocenters. The van der Waals surface area contributed by atoms with Crippen molar-refractivity contribution in [2.24, 2.45) is 0 Å². The number of carbonyl (C=O) groups excluding carboxylic acids is 1. The van der Waals surface area contributed by atoms with Crippen LogP contribution in [0.2, 0.25) is 0 Å². The fourth-order valence-corrected chi connectivity index (χ4v) is 2.22. The van der Waals surface area contributed by atoms with Gasteiger partial charge < -0.3 is 19.9 Å². The summed E-state index contributed by atoms with van der Waals surface area (Å²) in [6.07, 6.45) is -0.931. The second-order valence-electron chi connectivity index (χ2n) is 5.34. The zero-order valence-corrected chi connectivity index (χ0v) is 13.8. The maximum Gasteiger partial charge on any atom is 0.251 e. The highest BCUT2D eigenvalue weighted by molar-refractivity contribution is 5.94. The topological polar surface area (TPSA) is 67.8 Å². The minimum atomic E-state index is -0.931. The summed E-state index contributed by atoms with van der Waals surface area (Å²) < 4.78 is 23.6. The van der Waals surface area contributed by atoms with Crippen molar-refractivity contribution in [3.05, 3.63) is 58.9 Å². The summed E-state index contributed by atoms with van der Waals surface area (Å²) in [6, 6.07) is 9.14. The van der Waals surface area contributed by atoms with E-state index in [0.717, 1.165) is 0 Å². The van der Waals surface area contributed by atoms with Gasteiger partial charge >= 0.3 is 0 Å². The van der Waals surface area contributed by atoms with Crippen LogP contribution in [0.1, 0.15) is 27.6 Å². The average Bonchev–Trinajstić information content (AvgIpc) is 2.60. The Morgan fingerprint density at radius 2 is 1.79 bits per heavy atom. The molecule has 2 rings (SSSR count). The molecule has 0 bridgehead atoms. The highest BCUT2D eigenvalue weighted by atomic mass is 19.1. The van der Waals surface area contributed by atoms with Gasteiger partial charge in [-0.15, -0.1) is 0 Å². The summed E-state index contributed by atoms with van der Waals surface area (Å²) in [5, 5.41) is 12.9. The Balaban J connectivity index is 2.05. The number of aliphatic hydroxyl groups excluding tert-OH is 1. The van der Waals surface area contributed by atoms with Crippen LogP contribution in [0, 0.1) is 12.7 Å². The van der Waals surface area contributed by atoms with Crippen LogP contribution in [0.15, 0.2) is 36.4 Å². The van der Waals surface area contributed by atoms with Gasteiger partial charge in [0.1, 0.15) is 17.3 Å². The standard InChI is InChI=1S/C18H20FNO4/c1-11-6-12(4-5-16(11)19)18(22)20-10-17(21)13-7-14(23-2)9-15(8-13)24-3/h4-9,17,21H,10H2,1-3H3,(H,20,22). The molecule has 0 saturated heterocycles. The van der Waals surface area contributed by atoms with E-state index in [1.165, 1.54) is 32.4 Å². The van der Waals surface area contributed by atoms with E-state index in [-0.39, 0.29) is 18.3 Å². The van der Waals surface area contributed by atoms with Gasteiger partial charge in [-0.05, 0) is 48.4 Å². The smallest absolute Gasteiger partial charge is 0.251 e. The third-order valence-corrected chi connectivity index (χ3v) is 3.63. The Morgan fingerprint density at radius 1 is 1.17 bits per heavy atom. The number of benzene rings is 2. The van der Waals surface area contributed by atoms with E-state index >= 15 is 0 Å². The lowest BCUT2D eigenvalue weighted by Crippen LogP contribution is -2.28. The molecule has 0 aromatic heterocycles. The van der Waals surface area contributed by atoms with Gasteiger partial charge in [-0.2, -0.15) is 0 Å². The molecule has 0 fully saturated rings. The van der Waals surface area contributed by atoms with Crippen LogP contribution < -0.4 is 14.8 Å². The van der Waals surface area contributed by atoms with Crippen molar-refractivity contribution in [1.29, 1.82) is 0 Å². The molecule has 2 N–H and O–H groups in total. The predicted molar refractivity (Wildman–Crippen MR) is 88.0 cm³/mol. The van der Waals surface area contributed by atoms with E-state index < -0.39 is 6.10 Å². The number of carbonyl (C=O) groups is 1. The largest absolute Gasteiger partial charge is 0.497 e. The maximum absolute atomic E-state index is 13.2. The number of amides is 1. The molecule has 1 amide bonds. The minimum Gasteiger partial charge on any atom is -0.497 e. The van der Waals surface area contributed by atoms with E-state index in [1.807, 2.05) is 0 Å². The SMILES string of the molecule is COc1cc(OC)cc(C(O)CNC(=O)c2ccc(F)c(C)c2)c1. The first kappa shape index (κ1) is 17.7. The van der Waals surface area contributed by atoms with E-state index in [4.69, 9.17) is 9.47 Å². The molecule has 0 heterocycles. The minimum absolute atomic E-state index is 0.00554. The normalized spacial score (nSPS) is 11.7. The monoisotopic (exact) mass is 333 g/mol. The van der Waals surface area contributed by atoms with Gasteiger partial charge in [0.2, 0.25) is 0 Å². The molecule has 128 valence electrons. The maximum atomic E-state index is 13.2. The first-order chi connectivity index (χ1) is 11.4. The van der Waals surface area contributed by atoms with Crippen molar-refractivity contribution in [3.63, 3.8) is 0 Å². The number of rotatable bonds is 6. The molecule has 0 spiro atoms. The highest BCUT2D eigenvalue weighted by Crippen LogP contribution is 2.26. The Hall–Kier alpha value is -2.60. The van der Waals surface area contributed by atoms with Gasteiger partial charge in [-0.25, -0.2) is 4.39 Å². The van der Waals surface area contributed by atoms with Crippen LogP contribution in [0.3, 0.4) is 0 Å². The lowest BCUT2D eigenvalue weighted by molar-refractivity contribution is 0.0916. The molecule has 0 aliphatic carbocycles. The molecule has 5 nitrogen and oxygen atoms in total. The summed E-state index contributed by atoms with van der Waals surface area (Å²) in [7, 11) is 3.03. The van der Waals surface area contributed by atoms with Crippen molar-refractivity contribution in [1.82, 2.24) is 5.32 Å². The van der Waals surface area contributed by atoms with Gasteiger partial charge in [0.15, 0.2) is 0 Å². The number of hydrogen-bond acceptors (Lipinski definition) is 4. The van der Waals surface area contributed by atoms with Gasteiger partial charge in [0, 0.05) is 18.2 Å². The van der Waals surface area contributed by atoms with E-state index in [0.29, 0.717) is 28.2 Å². The molecule has 2 aromatic rings. The summed E-state index contributed by atoms with van der Waals surface area (Å²) in [4.78, 5) is 12.1. The Labute approximate surface area is 140 Å². The third-order valence-electron chi connectivity index (χ3n) is 3.63. The lowest BCUT2D eigenvalue weighted by Gasteiger charge is -2.15. The van der Waals surface area contributed by atoms with Crippen LogP contribution in [0.4, 0.5) is 4.39 Å². The molecule has 2 aromatic carbocycles. The van der Waals surface area contributed by atoms with Crippen molar-refractivity contribution >= 4 is 5.91 Å². The molecule has 1 unspecified atom stereocenters. The van der Waals surface area contributed by atoms with Crippen LogP contribution in [0.25, 0.3) is 0 Å². The van der Waals surface area contributed by atoms with Crippen molar-refractivity contribution < 1.29 is 23.8 Å². The predicted octanol–water partition coefficient (Wildman–Crippen LogP) is 2.61. The molecule has 6 heteroatoms. The van der Waals surface area contributed by atoms with Gasteiger partial charge in [0.25, 0.3) is 5.91 Å². The molecular formula is C18H20FNO4. The number of aryl methyl sites for hydroxylation is 1. The zero-order valence-electron chi connectivity index (χ0n) is 13.8. The molecule has 0 radical (unpaired) electrons. The van der Waals surface area contributed by atoms with Crippen molar-refractivity contribution in [2.75, 3.05) is 20.8 Å². The first-order valence-electron chi connectivity index (χ1n) is 7.40. The lowest BCUT2D eigenvalue weighted by atomic mass is 10.1. The Kier molecular flexibility index (Phi) is 5.76. The molecule has 0 aliphatic rings. The average molecular weight is 333 g/mol. The Morgan fingerprint density at radius 3 is 2.33 bits per heavy atom. The summed E-state index contributed by atoms with van der Waals surface area (Å²) in [5.74, 6) is 0.342. The first-order valence-corrected chi connectivity index (χ1v) is 7.40. The quantitative estimate of drug-likeness (QED) is 0.853. The number of ether oxygens (including phenoxy) is 2. The fraction of sp³-hybridized carbons (Fsp3) is 0.278. The van der Waals surface area contributed by atoms with Crippen LogP contribution >= 0.6 is 0 Å². The number of hydrogen-bond donors (Lipinski definition) is 2. The number of aliphatic hydroxyl groups is 1. The third kappa shape index (κ3) is 4.23. The van der Waals surface area contributed by atoms with Crippen LogP contribution in [-0.2, 0) is 0 Å². The summed E-state index contributed by atoms with van der Waals surface area (Å²) in [5.41, 5.74) is 1.28. The van der Waals surface area contributed by atoms with Crippen molar-refractivity contribution in [2.45, 2.75) is 13.0 Å². The van der Waals surface area contributed by atoms with Gasteiger partial charge in [0.05, 0.1) is 20.3 Å². The zero-order chi connectivity index (χ0) is 17.7. The van der Waals surface area contributed by atoms with E-state index in [1.54, 1.807) is 25.1 Å². The summed E-state index contributed by atoms with van der Waals surface area (Å²) in [6.45, 7) is 1.59. The van der Waals surface area contributed by atoms with Gasteiger partial charge in [-0.1, -0.05) is 0 Å².